The summed E-state index contributed by atoms with van der Waals surface area (Å²) in [5, 5.41) is 3.57. The van der Waals surface area contributed by atoms with Crippen LogP contribution in [0.2, 0.25) is 0 Å². The van der Waals surface area contributed by atoms with Gasteiger partial charge in [-0.1, -0.05) is 12.1 Å². The summed E-state index contributed by atoms with van der Waals surface area (Å²) in [6.45, 7) is 2.76. The fraction of sp³-hybridized carbons (Fsp3) is 0.600. The lowest BCUT2D eigenvalue weighted by atomic mass is 9.85. The zero-order chi connectivity index (χ0) is 13.8. The number of nitrogens with zero attached hydrogens (tertiary/aromatic N) is 1. The number of benzene rings is 1. The molecule has 106 valence electrons. The second kappa shape index (κ2) is 6.26. The maximum atomic E-state index is 5.65. The predicted octanol–water partition coefficient (Wildman–Crippen LogP) is 2.36. The largest absolute Gasteiger partial charge is 0.378 e. The van der Waals surface area contributed by atoms with E-state index in [1.165, 1.54) is 5.69 Å². The first-order valence-corrected chi connectivity index (χ1v) is 6.84. The van der Waals surface area contributed by atoms with Gasteiger partial charge in [-0.05, 0) is 25.5 Å². The second-order valence-corrected chi connectivity index (χ2v) is 5.09. The van der Waals surface area contributed by atoms with Crippen LogP contribution in [-0.4, -0.2) is 46.1 Å². The minimum Gasteiger partial charge on any atom is -0.378 e. The minimum absolute atomic E-state index is 0.134. The van der Waals surface area contributed by atoms with Crippen LogP contribution in [0.25, 0.3) is 0 Å². The van der Waals surface area contributed by atoms with E-state index in [9.17, 15) is 0 Å². The molecule has 1 N–H and O–H groups in total. The van der Waals surface area contributed by atoms with Gasteiger partial charge in [0, 0.05) is 27.8 Å². The molecule has 0 spiro atoms. The van der Waals surface area contributed by atoms with Gasteiger partial charge >= 0.3 is 0 Å². The second-order valence-electron chi connectivity index (χ2n) is 5.09. The number of rotatable bonds is 6. The lowest BCUT2D eigenvalue weighted by molar-refractivity contribution is -0.118. The fourth-order valence-corrected chi connectivity index (χ4v) is 2.60. The molecule has 0 aliphatic heterocycles. The Morgan fingerprint density at radius 2 is 2.05 bits per heavy atom. The molecule has 1 saturated carbocycles. The Morgan fingerprint density at radius 3 is 2.68 bits per heavy atom. The van der Waals surface area contributed by atoms with E-state index in [2.05, 4.69) is 48.6 Å². The van der Waals surface area contributed by atoms with Gasteiger partial charge in [-0.2, -0.15) is 0 Å². The van der Waals surface area contributed by atoms with Crippen molar-refractivity contribution >= 4 is 11.4 Å². The molecule has 2 rings (SSSR count). The minimum atomic E-state index is 0.134. The number of para-hydroxylation sites is 2. The monoisotopic (exact) mass is 264 g/mol. The van der Waals surface area contributed by atoms with Crippen LogP contribution in [0.15, 0.2) is 24.3 Å². The van der Waals surface area contributed by atoms with E-state index in [1.54, 1.807) is 7.11 Å². The molecule has 1 aliphatic carbocycles. The van der Waals surface area contributed by atoms with E-state index < -0.39 is 0 Å². The lowest BCUT2D eigenvalue weighted by Crippen LogP contribution is -2.56. The standard InChI is InChI=1S/C15H24N2O2/c1-5-19-14-10-12(15(14)18-4)16-11-8-6-7-9-13(11)17(2)3/h6-9,12,14-16H,5,10H2,1-4H3. The zero-order valence-electron chi connectivity index (χ0n) is 12.2. The van der Waals surface area contributed by atoms with Crippen molar-refractivity contribution in [3.05, 3.63) is 24.3 Å². The van der Waals surface area contributed by atoms with Gasteiger partial charge in [0.05, 0.1) is 23.5 Å². The molecule has 1 aromatic rings. The highest BCUT2D eigenvalue weighted by atomic mass is 16.5. The van der Waals surface area contributed by atoms with Crippen molar-refractivity contribution in [1.82, 2.24) is 0 Å². The molecule has 0 heterocycles. The van der Waals surface area contributed by atoms with Gasteiger partial charge in [-0.25, -0.2) is 0 Å². The predicted molar refractivity (Wildman–Crippen MR) is 79.0 cm³/mol. The Bertz CT molecular complexity index is 409. The number of hydrogen-bond acceptors (Lipinski definition) is 4. The molecule has 0 bridgehead atoms. The molecule has 3 atom stereocenters. The van der Waals surface area contributed by atoms with Gasteiger partial charge in [-0.15, -0.1) is 0 Å². The summed E-state index contributed by atoms with van der Waals surface area (Å²) in [7, 11) is 5.86. The van der Waals surface area contributed by atoms with Crippen molar-refractivity contribution < 1.29 is 9.47 Å². The van der Waals surface area contributed by atoms with E-state index in [0.717, 1.165) is 18.7 Å². The third-order valence-electron chi connectivity index (χ3n) is 3.63. The van der Waals surface area contributed by atoms with Crippen molar-refractivity contribution in [2.75, 3.05) is 38.0 Å². The molecule has 0 saturated heterocycles. The van der Waals surface area contributed by atoms with E-state index >= 15 is 0 Å². The van der Waals surface area contributed by atoms with E-state index in [1.807, 2.05) is 6.92 Å². The third-order valence-corrected chi connectivity index (χ3v) is 3.63. The molecule has 0 radical (unpaired) electrons. The summed E-state index contributed by atoms with van der Waals surface area (Å²) in [4.78, 5) is 2.11. The van der Waals surface area contributed by atoms with Crippen LogP contribution in [0.1, 0.15) is 13.3 Å². The smallest absolute Gasteiger partial charge is 0.103 e. The zero-order valence-corrected chi connectivity index (χ0v) is 12.2. The molecule has 4 nitrogen and oxygen atoms in total. The topological polar surface area (TPSA) is 33.7 Å². The highest BCUT2D eigenvalue weighted by Gasteiger charge is 2.42. The third kappa shape index (κ3) is 3.01. The lowest BCUT2D eigenvalue weighted by Gasteiger charge is -2.44. The van der Waals surface area contributed by atoms with Gasteiger partial charge in [-0.3, -0.25) is 0 Å². The van der Waals surface area contributed by atoms with E-state index in [-0.39, 0.29) is 12.2 Å². The van der Waals surface area contributed by atoms with Crippen LogP contribution in [-0.2, 0) is 9.47 Å². The SMILES string of the molecule is CCOC1CC(Nc2ccccc2N(C)C)C1OC. The molecule has 19 heavy (non-hydrogen) atoms. The van der Waals surface area contributed by atoms with Gasteiger partial charge in [0.2, 0.25) is 0 Å². The molecular weight excluding hydrogens is 240 g/mol. The van der Waals surface area contributed by atoms with Crippen molar-refractivity contribution in [2.45, 2.75) is 31.6 Å². The van der Waals surface area contributed by atoms with Crippen molar-refractivity contribution in [1.29, 1.82) is 0 Å². The van der Waals surface area contributed by atoms with Crippen LogP contribution in [0.4, 0.5) is 11.4 Å². The summed E-state index contributed by atoms with van der Waals surface area (Å²) in [6.07, 6.45) is 1.35. The number of anilines is 2. The molecule has 1 aliphatic rings. The van der Waals surface area contributed by atoms with E-state index in [4.69, 9.17) is 9.47 Å². The Balaban J connectivity index is 2.02. The highest BCUT2D eigenvalue weighted by Crippen LogP contribution is 2.32. The maximum Gasteiger partial charge on any atom is 0.103 e. The molecule has 4 heteroatoms. The van der Waals surface area contributed by atoms with Crippen molar-refractivity contribution in [2.24, 2.45) is 0 Å². The first-order chi connectivity index (χ1) is 9.17. The normalized spacial score (nSPS) is 25.8. The Kier molecular flexibility index (Phi) is 4.66. The first kappa shape index (κ1) is 14.2. The molecular formula is C15H24N2O2. The van der Waals surface area contributed by atoms with Crippen LogP contribution in [0, 0.1) is 0 Å². The van der Waals surface area contributed by atoms with Crippen LogP contribution in [0.5, 0.6) is 0 Å². The number of methoxy groups -OCH3 is 1. The molecule has 3 unspecified atom stereocenters. The summed E-state index contributed by atoms with van der Waals surface area (Å²) in [5.41, 5.74) is 2.34. The van der Waals surface area contributed by atoms with Gasteiger partial charge < -0.3 is 19.7 Å². The van der Waals surface area contributed by atoms with E-state index in [0.29, 0.717) is 6.04 Å². The number of hydrogen-bond donors (Lipinski definition) is 1. The molecule has 0 aromatic heterocycles. The van der Waals surface area contributed by atoms with Crippen molar-refractivity contribution in [3.8, 4) is 0 Å². The molecule has 1 aromatic carbocycles. The van der Waals surface area contributed by atoms with Crippen LogP contribution < -0.4 is 10.2 Å². The summed E-state index contributed by atoms with van der Waals surface area (Å²) >= 11 is 0. The maximum absolute atomic E-state index is 5.65. The molecule has 1 fully saturated rings. The van der Waals surface area contributed by atoms with Crippen molar-refractivity contribution in [3.63, 3.8) is 0 Å². The highest BCUT2D eigenvalue weighted by molar-refractivity contribution is 5.69. The Labute approximate surface area is 115 Å². The Hall–Kier alpha value is -1.26. The van der Waals surface area contributed by atoms with Crippen LogP contribution >= 0.6 is 0 Å². The fourth-order valence-electron chi connectivity index (χ4n) is 2.60. The Morgan fingerprint density at radius 1 is 1.32 bits per heavy atom. The quantitative estimate of drug-likeness (QED) is 0.855. The van der Waals surface area contributed by atoms with Gasteiger partial charge in [0.15, 0.2) is 0 Å². The number of ether oxygens (including phenoxy) is 2. The summed E-state index contributed by atoms with van der Waals surface area (Å²) in [5.74, 6) is 0. The van der Waals surface area contributed by atoms with Gasteiger partial charge in [0.25, 0.3) is 0 Å². The average Bonchev–Trinajstić information content (AvgIpc) is 2.38. The number of nitrogens with one attached hydrogen (secondary N) is 1. The first-order valence-electron chi connectivity index (χ1n) is 6.84. The van der Waals surface area contributed by atoms with Gasteiger partial charge in [0.1, 0.15) is 6.10 Å². The summed E-state index contributed by atoms with van der Waals surface area (Å²) in [6, 6.07) is 8.65. The summed E-state index contributed by atoms with van der Waals surface area (Å²) < 4.78 is 11.2. The average molecular weight is 264 g/mol. The van der Waals surface area contributed by atoms with Crippen LogP contribution in [0.3, 0.4) is 0 Å². The molecule has 0 amide bonds.